The van der Waals surface area contributed by atoms with Gasteiger partial charge in [0.2, 0.25) is 0 Å². The molecule has 0 amide bonds. The van der Waals surface area contributed by atoms with Crippen LogP contribution >= 0.6 is 0 Å². The molecule has 3 heteroatoms. The predicted octanol–water partition coefficient (Wildman–Crippen LogP) is 2.86. The van der Waals surface area contributed by atoms with E-state index >= 15 is 0 Å². The zero-order valence-corrected chi connectivity index (χ0v) is 11.1. The summed E-state index contributed by atoms with van der Waals surface area (Å²) in [6, 6.07) is 8.52. The average Bonchev–Trinajstić information content (AvgIpc) is 2.49. The van der Waals surface area contributed by atoms with Gasteiger partial charge in [-0.3, -0.25) is 14.9 Å². The Morgan fingerprint density at radius 1 is 1.00 bits per heavy atom. The van der Waals surface area contributed by atoms with E-state index in [0.29, 0.717) is 5.92 Å². The minimum Gasteiger partial charge on any atom is -0.298 e. The molecule has 0 saturated carbocycles. The van der Waals surface area contributed by atoms with Gasteiger partial charge >= 0.3 is 0 Å². The van der Waals surface area contributed by atoms with Crippen LogP contribution in [0.1, 0.15) is 29.9 Å². The number of hydrogen-bond acceptors (Lipinski definition) is 3. The Kier molecular flexibility index (Phi) is 3.84. The minimum atomic E-state index is 0.651. The van der Waals surface area contributed by atoms with Crippen LogP contribution < -0.4 is 0 Å². The van der Waals surface area contributed by atoms with Crippen molar-refractivity contribution >= 4 is 0 Å². The normalized spacial score (nSPS) is 20.3. The molecule has 1 atom stereocenters. The standard InChI is InChI=1S/C16H19N3/c1-2-16(15-5-9-18-10-6-15)13-19(11-1)12-14-3-7-17-8-4-14/h3-10,16H,1-2,11-13H2/t16-/m0/s1. The number of piperidine rings is 1. The van der Waals surface area contributed by atoms with Gasteiger partial charge in [-0.1, -0.05) is 0 Å². The number of nitrogens with zero attached hydrogens (tertiary/aromatic N) is 3. The molecule has 19 heavy (non-hydrogen) atoms. The first-order valence-electron chi connectivity index (χ1n) is 6.93. The molecule has 0 spiro atoms. The number of hydrogen-bond donors (Lipinski definition) is 0. The van der Waals surface area contributed by atoms with E-state index in [1.807, 2.05) is 24.8 Å². The molecule has 0 radical (unpaired) electrons. The third-order valence-corrected chi connectivity index (χ3v) is 3.84. The van der Waals surface area contributed by atoms with E-state index in [1.165, 1.54) is 30.5 Å². The van der Waals surface area contributed by atoms with E-state index in [1.54, 1.807) is 0 Å². The van der Waals surface area contributed by atoms with Crippen molar-refractivity contribution in [3.8, 4) is 0 Å². The van der Waals surface area contributed by atoms with Crippen LogP contribution in [0.25, 0.3) is 0 Å². The van der Waals surface area contributed by atoms with Crippen LogP contribution in [0.3, 0.4) is 0 Å². The molecule has 98 valence electrons. The third kappa shape index (κ3) is 3.18. The molecule has 3 heterocycles. The minimum absolute atomic E-state index is 0.651. The highest BCUT2D eigenvalue weighted by Gasteiger charge is 2.21. The molecule has 1 fully saturated rings. The molecule has 3 nitrogen and oxygen atoms in total. The van der Waals surface area contributed by atoms with Crippen LogP contribution in [0, 0.1) is 0 Å². The Morgan fingerprint density at radius 3 is 2.42 bits per heavy atom. The van der Waals surface area contributed by atoms with Crippen molar-refractivity contribution in [1.29, 1.82) is 0 Å². The fourth-order valence-corrected chi connectivity index (χ4v) is 2.85. The molecule has 1 saturated heterocycles. The Hall–Kier alpha value is -1.74. The van der Waals surface area contributed by atoms with Crippen LogP contribution in [-0.2, 0) is 6.54 Å². The van der Waals surface area contributed by atoms with Gasteiger partial charge in [0.1, 0.15) is 0 Å². The molecular formula is C16H19N3. The number of pyridine rings is 2. The van der Waals surface area contributed by atoms with Crippen molar-refractivity contribution in [1.82, 2.24) is 14.9 Å². The second-order valence-electron chi connectivity index (χ2n) is 5.21. The maximum atomic E-state index is 4.11. The first-order chi connectivity index (χ1) is 9.42. The molecule has 1 aliphatic rings. The summed E-state index contributed by atoms with van der Waals surface area (Å²) in [5, 5.41) is 0. The largest absolute Gasteiger partial charge is 0.298 e. The quantitative estimate of drug-likeness (QED) is 0.842. The summed E-state index contributed by atoms with van der Waals surface area (Å²) in [5.41, 5.74) is 2.78. The van der Waals surface area contributed by atoms with Crippen LogP contribution in [0.15, 0.2) is 49.1 Å². The highest BCUT2D eigenvalue weighted by atomic mass is 15.1. The van der Waals surface area contributed by atoms with Crippen molar-refractivity contribution in [2.24, 2.45) is 0 Å². The number of likely N-dealkylation sites (tertiary alicyclic amines) is 1. The predicted molar refractivity (Wildman–Crippen MR) is 75.7 cm³/mol. The smallest absolute Gasteiger partial charge is 0.0271 e. The molecular weight excluding hydrogens is 234 g/mol. The summed E-state index contributed by atoms with van der Waals surface area (Å²) in [5.74, 6) is 0.651. The summed E-state index contributed by atoms with van der Waals surface area (Å²) in [6.07, 6.45) is 10.1. The second kappa shape index (κ2) is 5.93. The maximum absolute atomic E-state index is 4.11. The second-order valence-corrected chi connectivity index (χ2v) is 5.21. The van der Waals surface area contributed by atoms with Gasteiger partial charge < -0.3 is 0 Å². The van der Waals surface area contributed by atoms with Gasteiger partial charge in [0.15, 0.2) is 0 Å². The number of aromatic nitrogens is 2. The van der Waals surface area contributed by atoms with Crippen LogP contribution in [0.4, 0.5) is 0 Å². The fourth-order valence-electron chi connectivity index (χ4n) is 2.85. The lowest BCUT2D eigenvalue weighted by molar-refractivity contribution is 0.200. The van der Waals surface area contributed by atoms with Crippen molar-refractivity contribution in [3.63, 3.8) is 0 Å². The average molecular weight is 253 g/mol. The molecule has 0 N–H and O–H groups in total. The van der Waals surface area contributed by atoms with E-state index < -0.39 is 0 Å². The molecule has 2 aromatic rings. The van der Waals surface area contributed by atoms with E-state index in [-0.39, 0.29) is 0 Å². The van der Waals surface area contributed by atoms with Gasteiger partial charge in [0.25, 0.3) is 0 Å². The van der Waals surface area contributed by atoms with Crippen LogP contribution in [0.2, 0.25) is 0 Å². The summed E-state index contributed by atoms with van der Waals surface area (Å²) in [6.45, 7) is 3.38. The summed E-state index contributed by atoms with van der Waals surface area (Å²) in [7, 11) is 0. The zero-order chi connectivity index (χ0) is 12.9. The highest BCUT2D eigenvalue weighted by Crippen LogP contribution is 2.27. The summed E-state index contributed by atoms with van der Waals surface area (Å²) >= 11 is 0. The Morgan fingerprint density at radius 2 is 1.68 bits per heavy atom. The molecule has 1 aliphatic heterocycles. The molecule has 0 unspecified atom stereocenters. The topological polar surface area (TPSA) is 29.0 Å². The highest BCUT2D eigenvalue weighted by molar-refractivity contribution is 5.17. The third-order valence-electron chi connectivity index (χ3n) is 3.84. The van der Waals surface area contributed by atoms with E-state index in [9.17, 15) is 0 Å². The first-order valence-corrected chi connectivity index (χ1v) is 6.93. The van der Waals surface area contributed by atoms with Crippen LogP contribution in [0.5, 0.6) is 0 Å². The van der Waals surface area contributed by atoms with Crippen LogP contribution in [-0.4, -0.2) is 28.0 Å². The van der Waals surface area contributed by atoms with Gasteiger partial charge in [-0.15, -0.1) is 0 Å². The van der Waals surface area contributed by atoms with Crippen molar-refractivity contribution in [2.75, 3.05) is 13.1 Å². The first kappa shape index (κ1) is 12.3. The zero-order valence-electron chi connectivity index (χ0n) is 11.1. The molecule has 0 aliphatic carbocycles. The monoisotopic (exact) mass is 253 g/mol. The number of rotatable bonds is 3. The van der Waals surface area contributed by atoms with Gasteiger partial charge in [0.05, 0.1) is 0 Å². The summed E-state index contributed by atoms with van der Waals surface area (Å²) < 4.78 is 0. The Balaban J connectivity index is 1.65. The Bertz CT molecular complexity index is 498. The molecule has 0 bridgehead atoms. The summed E-state index contributed by atoms with van der Waals surface area (Å²) in [4.78, 5) is 10.7. The molecule has 0 aromatic carbocycles. The van der Waals surface area contributed by atoms with Gasteiger partial charge in [-0.05, 0) is 60.7 Å². The van der Waals surface area contributed by atoms with Gasteiger partial charge in [-0.2, -0.15) is 0 Å². The molecule has 3 rings (SSSR count). The van der Waals surface area contributed by atoms with E-state index in [4.69, 9.17) is 0 Å². The lowest BCUT2D eigenvalue weighted by Crippen LogP contribution is -2.33. The Labute approximate surface area is 114 Å². The van der Waals surface area contributed by atoms with Crippen molar-refractivity contribution in [3.05, 3.63) is 60.2 Å². The van der Waals surface area contributed by atoms with Crippen molar-refractivity contribution in [2.45, 2.75) is 25.3 Å². The lowest BCUT2D eigenvalue weighted by atomic mass is 9.91. The van der Waals surface area contributed by atoms with E-state index in [0.717, 1.165) is 13.1 Å². The molecule has 2 aromatic heterocycles. The van der Waals surface area contributed by atoms with Gasteiger partial charge in [-0.25, -0.2) is 0 Å². The van der Waals surface area contributed by atoms with Gasteiger partial charge in [0, 0.05) is 37.9 Å². The maximum Gasteiger partial charge on any atom is 0.0271 e. The SMILES string of the molecule is c1cc(CN2CCC[C@H](c3ccncc3)C2)ccn1. The fraction of sp³-hybridized carbons (Fsp3) is 0.375. The van der Waals surface area contributed by atoms with E-state index in [2.05, 4.69) is 39.1 Å². The lowest BCUT2D eigenvalue weighted by Gasteiger charge is -2.33. The van der Waals surface area contributed by atoms with Crippen molar-refractivity contribution < 1.29 is 0 Å².